The molecule has 0 spiro atoms. The van der Waals surface area contributed by atoms with Gasteiger partial charge in [-0.3, -0.25) is 14.9 Å². The van der Waals surface area contributed by atoms with E-state index < -0.39 is 0 Å². The highest BCUT2D eigenvalue weighted by Gasteiger charge is 2.25. The van der Waals surface area contributed by atoms with Gasteiger partial charge in [-0.05, 0) is 67.1 Å². The van der Waals surface area contributed by atoms with Gasteiger partial charge in [0.05, 0.1) is 16.1 Å². The van der Waals surface area contributed by atoms with Crippen molar-refractivity contribution in [3.63, 3.8) is 0 Å². The van der Waals surface area contributed by atoms with Crippen LogP contribution < -0.4 is 15.5 Å². The molecule has 2 aromatic carbocycles. The molecule has 8 heteroatoms. The van der Waals surface area contributed by atoms with Crippen LogP contribution in [0.3, 0.4) is 0 Å². The fourth-order valence-corrected chi connectivity index (χ4v) is 4.89. The minimum absolute atomic E-state index is 0.346. The minimum Gasteiger partial charge on any atom is -0.369 e. The van der Waals surface area contributed by atoms with Gasteiger partial charge in [-0.2, -0.15) is 0 Å². The number of aryl methyl sites for hydroxylation is 2. The molecule has 0 aliphatic carbocycles. The van der Waals surface area contributed by atoms with Gasteiger partial charge >= 0.3 is 0 Å². The molecule has 0 atom stereocenters. The Kier molecular flexibility index (Phi) is 5.40. The predicted octanol–water partition coefficient (Wildman–Crippen LogP) is 3.65. The largest absolute Gasteiger partial charge is 0.369 e. The van der Waals surface area contributed by atoms with Crippen LogP contribution in [-0.2, 0) is 4.79 Å². The zero-order valence-electron chi connectivity index (χ0n) is 17.9. The minimum atomic E-state index is -0.361. The average Bonchev–Trinajstić information content (AvgIpc) is 3.10. The topological polar surface area (TPSA) is 87.2 Å². The van der Waals surface area contributed by atoms with Crippen LogP contribution in [-0.4, -0.2) is 47.3 Å². The van der Waals surface area contributed by atoms with Gasteiger partial charge in [-0.25, -0.2) is 9.97 Å². The number of nitrogens with one attached hydrogen (secondary N) is 2. The van der Waals surface area contributed by atoms with E-state index in [9.17, 15) is 9.59 Å². The Hall–Kier alpha value is -3.23. The third kappa shape index (κ3) is 3.99. The van der Waals surface area contributed by atoms with E-state index in [2.05, 4.69) is 45.6 Å². The molecule has 2 aliphatic heterocycles. The van der Waals surface area contributed by atoms with Gasteiger partial charge in [0, 0.05) is 42.8 Å². The molecule has 7 nitrogen and oxygen atoms in total. The number of amides is 2. The zero-order chi connectivity index (χ0) is 22.2. The third-order valence-corrected chi connectivity index (χ3v) is 6.51. The van der Waals surface area contributed by atoms with Crippen LogP contribution in [0.5, 0.6) is 0 Å². The first-order valence-electron chi connectivity index (χ1n) is 10.6. The van der Waals surface area contributed by atoms with E-state index in [0.29, 0.717) is 10.7 Å². The van der Waals surface area contributed by atoms with Gasteiger partial charge in [0.1, 0.15) is 5.82 Å². The molecular formula is C24H23N5O2S. The van der Waals surface area contributed by atoms with E-state index in [1.165, 1.54) is 11.3 Å². The number of hydrogen-bond donors (Lipinski definition) is 2. The number of anilines is 1. The maximum absolute atomic E-state index is 11.9. The van der Waals surface area contributed by atoms with Gasteiger partial charge in [0.2, 0.25) is 0 Å². The quantitative estimate of drug-likeness (QED) is 0.595. The van der Waals surface area contributed by atoms with Crippen molar-refractivity contribution >= 4 is 45.6 Å². The molecule has 3 heterocycles. The standard InChI is InChI=1S/C24H23N5O2S/c1-14-11-17(4-6-20(14)29-9-7-25-8-10-29)22-18-12-16(3-5-19(18)26-15(2)27-22)13-21-23(30)28-24(31)32-21/h3-6,11-13,25H,7-10H2,1-2H3,(H,28,30,31)/b21-13-. The molecule has 2 saturated heterocycles. The van der Waals surface area contributed by atoms with Crippen LogP contribution in [0.4, 0.5) is 10.5 Å². The van der Waals surface area contributed by atoms with E-state index >= 15 is 0 Å². The van der Waals surface area contributed by atoms with Crippen LogP contribution in [0.1, 0.15) is 17.0 Å². The van der Waals surface area contributed by atoms with Crippen LogP contribution in [0, 0.1) is 13.8 Å². The number of imide groups is 1. The number of nitrogens with zero attached hydrogens (tertiary/aromatic N) is 3. The zero-order valence-corrected chi connectivity index (χ0v) is 18.8. The highest BCUT2D eigenvalue weighted by Crippen LogP contribution is 2.32. The summed E-state index contributed by atoms with van der Waals surface area (Å²) >= 11 is 0.915. The molecule has 0 unspecified atom stereocenters. The van der Waals surface area contributed by atoms with Crippen LogP contribution in [0.25, 0.3) is 28.2 Å². The van der Waals surface area contributed by atoms with E-state index in [0.717, 1.165) is 65.7 Å². The number of carbonyl (C=O) groups is 2. The Labute approximate surface area is 190 Å². The molecule has 0 bridgehead atoms. The number of aromatic nitrogens is 2. The van der Waals surface area contributed by atoms with Crippen molar-refractivity contribution in [2.75, 3.05) is 31.1 Å². The summed E-state index contributed by atoms with van der Waals surface area (Å²) in [6, 6.07) is 12.3. The molecule has 0 radical (unpaired) electrons. The number of piperazine rings is 1. The van der Waals surface area contributed by atoms with Gasteiger partial charge in [-0.1, -0.05) is 12.1 Å². The molecule has 0 saturated carbocycles. The summed E-state index contributed by atoms with van der Waals surface area (Å²) in [6.45, 7) is 8.03. The number of carbonyl (C=O) groups excluding carboxylic acids is 2. The lowest BCUT2D eigenvalue weighted by atomic mass is 10.0. The van der Waals surface area contributed by atoms with Crippen LogP contribution in [0.2, 0.25) is 0 Å². The summed E-state index contributed by atoms with van der Waals surface area (Å²) in [5.74, 6) is 0.346. The maximum atomic E-state index is 11.9. The van der Waals surface area contributed by atoms with Crippen LogP contribution in [0.15, 0.2) is 41.3 Å². The summed E-state index contributed by atoms with van der Waals surface area (Å²) in [5.41, 5.74) is 6.03. The van der Waals surface area contributed by atoms with Gasteiger partial charge in [-0.15, -0.1) is 0 Å². The highest BCUT2D eigenvalue weighted by molar-refractivity contribution is 8.18. The normalized spacial score (nSPS) is 17.9. The van der Waals surface area contributed by atoms with E-state index in [-0.39, 0.29) is 11.1 Å². The van der Waals surface area contributed by atoms with Crippen molar-refractivity contribution in [1.82, 2.24) is 20.6 Å². The summed E-state index contributed by atoms with van der Waals surface area (Å²) in [6.07, 6.45) is 1.73. The molecule has 32 heavy (non-hydrogen) atoms. The Morgan fingerprint density at radius 2 is 1.84 bits per heavy atom. The SMILES string of the molecule is Cc1nc(-c2ccc(N3CCNCC3)c(C)c2)c2cc(/C=C3\SC(=O)NC3=O)ccc2n1. The summed E-state index contributed by atoms with van der Waals surface area (Å²) in [5, 5.41) is 6.25. The van der Waals surface area contributed by atoms with Crippen molar-refractivity contribution in [2.24, 2.45) is 0 Å². The number of hydrogen-bond acceptors (Lipinski definition) is 7. The van der Waals surface area contributed by atoms with Crippen molar-refractivity contribution in [3.8, 4) is 11.3 Å². The predicted molar refractivity (Wildman–Crippen MR) is 129 cm³/mol. The monoisotopic (exact) mass is 445 g/mol. The summed E-state index contributed by atoms with van der Waals surface area (Å²) in [4.78, 5) is 35.6. The molecule has 1 aromatic heterocycles. The summed E-state index contributed by atoms with van der Waals surface area (Å²) < 4.78 is 0. The third-order valence-electron chi connectivity index (χ3n) is 5.70. The molecule has 2 fully saturated rings. The average molecular weight is 446 g/mol. The van der Waals surface area contributed by atoms with Crippen molar-refractivity contribution < 1.29 is 9.59 Å². The van der Waals surface area contributed by atoms with Gasteiger partial charge < -0.3 is 10.2 Å². The fraction of sp³-hybridized carbons (Fsp3) is 0.250. The molecule has 2 N–H and O–H groups in total. The lowest BCUT2D eigenvalue weighted by molar-refractivity contribution is -0.115. The second-order valence-electron chi connectivity index (χ2n) is 7.99. The molecule has 162 valence electrons. The smallest absolute Gasteiger partial charge is 0.290 e. The molecular weight excluding hydrogens is 422 g/mol. The fourth-order valence-electron chi connectivity index (χ4n) is 4.21. The number of rotatable bonds is 3. The first-order chi connectivity index (χ1) is 15.5. The van der Waals surface area contributed by atoms with Gasteiger partial charge in [0.15, 0.2) is 0 Å². The van der Waals surface area contributed by atoms with Crippen molar-refractivity contribution in [2.45, 2.75) is 13.8 Å². The van der Waals surface area contributed by atoms with E-state index in [1.54, 1.807) is 6.08 Å². The first-order valence-corrected chi connectivity index (χ1v) is 11.4. The highest BCUT2D eigenvalue weighted by atomic mass is 32.2. The number of benzene rings is 2. The Morgan fingerprint density at radius 1 is 1.03 bits per heavy atom. The van der Waals surface area contributed by atoms with Gasteiger partial charge in [0.25, 0.3) is 11.1 Å². The number of thioether (sulfide) groups is 1. The second kappa shape index (κ2) is 8.37. The first kappa shape index (κ1) is 20.7. The second-order valence-corrected chi connectivity index (χ2v) is 9.00. The maximum Gasteiger partial charge on any atom is 0.290 e. The molecule has 5 rings (SSSR count). The molecule has 2 amide bonds. The summed E-state index contributed by atoms with van der Waals surface area (Å²) in [7, 11) is 0. The van der Waals surface area contributed by atoms with Crippen LogP contribution >= 0.6 is 11.8 Å². The van der Waals surface area contributed by atoms with E-state index in [4.69, 9.17) is 4.98 Å². The molecule has 3 aromatic rings. The van der Waals surface area contributed by atoms with E-state index in [1.807, 2.05) is 25.1 Å². The number of fused-ring (bicyclic) bond motifs is 1. The Balaban J connectivity index is 1.57. The van der Waals surface area contributed by atoms with Crippen molar-refractivity contribution in [1.29, 1.82) is 0 Å². The Morgan fingerprint density at radius 3 is 2.56 bits per heavy atom. The van der Waals surface area contributed by atoms with Crippen molar-refractivity contribution in [3.05, 3.63) is 58.3 Å². The molecule has 2 aliphatic rings. The lowest BCUT2D eigenvalue weighted by Crippen LogP contribution is -2.43. The lowest BCUT2D eigenvalue weighted by Gasteiger charge is -2.31. The Bertz CT molecular complexity index is 1280.